The number of benzene rings is 2. The summed E-state index contributed by atoms with van der Waals surface area (Å²) in [6.07, 6.45) is -1.41. The van der Waals surface area contributed by atoms with Crippen LogP contribution in [0.3, 0.4) is 0 Å². The van der Waals surface area contributed by atoms with Crippen LogP contribution in [0.5, 0.6) is 0 Å². The topological polar surface area (TPSA) is 121 Å². The van der Waals surface area contributed by atoms with E-state index in [1.807, 2.05) is 36.4 Å². The van der Waals surface area contributed by atoms with Gasteiger partial charge in [0, 0.05) is 24.1 Å². The van der Waals surface area contributed by atoms with Gasteiger partial charge in [-0.1, -0.05) is 18.2 Å². The van der Waals surface area contributed by atoms with Crippen LogP contribution in [0.4, 0.5) is 8.78 Å². The minimum absolute atomic E-state index is 0.0572. The number of nitrogens with zero attached hydrogens (tertiary/aromatic N) is 5. The molecule has 6 aromatic rings. The molecule has 2 aromatic carbocycles. The third-order valence-corrected chi connectivity index (χ3v) is 6.53. The van der Waals surface area contributed by atoms with E-state index in [9.17, 15) is 18.4 Å². The van der Waals surface area contributed by atoms with Gasteiger partial charge in [-0.2, -0.15) is 8.78 Å². The smallest absolute Gasteiger partial charge is 0.354 e. The van der Waals surface area contributed by atoms with Gasteiger partial charge in [-0.05, 0) is 47.5 Å². The van der Waals surface area contributed by atoms with Gasteiger partial charge in [-0.3, -0.25) is 14.1 Å². The number of carbonyl (C=O) groups excluding carboxylic acids is 1. The predicted octanol–water partition coefficient (Wildman–Crippen LogP) is 4.71. The number of hydrogen-bond acceptors (Lipinski definition) is 7. The van der Waals surface area contributed by atoms with E-state index in [0.717, 1.165) is 33.1 Å². The van der Waals surface area contributed by atoms with Gasteiger partial charge in [0.25, 0.3) is 5.89 Å². The number of aryl methyl sites for hydroxylation is 1. The molecule has 1 N–H and O–H groups in total. The molecular weight excluding hydrogens is 510 g/mol. The van der Waals surface area contributed by atoms with Crippen molar-refractivity contribution in [3.63, 3.8) is 0 Å². The first-order valence-corrected chi connectivity index (χ1v) is 11.8. The summed E-state index contributed by atoms with van der Waals surface area (Å²) in [6, 6.07) is 16.6. The molecule has 0 saturated heterocycles. The number of carbonyl (C=O) groups is 1. The monoisotopic (exact) mass is 530 g/mol. The maximum absolute atomic E-state index is 13.1. The molecule has 12 heteroatoms. The summed E-state index contributed by atoms with van der Waals surface area (Å²) in [5.41, 5.74) is 5.21. The van der Waals surface area contributed by atoms with Crippen molar-refractivity contribution in [2.75, 3.05) is 7.11 Å². The highest BCUT2D eigenvalue weighted by atomic mass is 19.3. The van der Waals surface area contributed by atoms with E-state index in [-0.39, 0.29) is 18.1 Å². The Morgan fingerprint density at radius 2 is 1.79 bits per heavy atom. The number of esters is 1. The average Bonchev–Trinajstić information content (AvgIpc) is 3.67. The Labute approximate surface area is 218 Å². The molecule has 0 saturated carbocycles. The Bertz CT molecular complexity index is 1920. The van der Waals surface area contributed by atoms with Crippen molar-refractivity contribution in [1.29, 1.82) is 0 Å². The van der Waals surface area contributed by atoms with Crippen LogP contribution in [0, 0.1) is 0 Å². The molecule has 0 aliphatic carbocycles. The lowest BCUT2D eigenvalue weighted by molar-refractivity contribution is 0.0595. The molecule has 0 aliphatic heterocycles. The highest BCUT2D eigenvalue weighted by Gasteiger charge is 2.18. The summed E-state index contributed by atoms with van der Waals surface area (Å²) < 4.78 is 38.4. The molecule has 0 bridgehead atoms. The molecule has 10 nitrogen and oxygen atoms in total. The summed E-state index contributed by atoms with van der Waals surface area (Å²) in [6.45, 7) is 0.201. The van der Waals surface area contributed by atoms with Crippen molar-refractivity contribution in [3.05, 3.63) is 88.6 Å². The largest absolute Gasteiger partial charge is 0.464 e. The van der Waals surface area contributed by atoms with Crippen molar-refractivity contribution in [3.8, 4) is 22.6 Å². The highest BCUT2D eigenvalue weighted by molar-refractivity contribution is 5.96. The van der Waals surface area contributed by atoms with Crippen molar-refractivity contribution in [2.24, 2.45) is 7.05 Å². The summed E-state index contributed by atoms with van der Waals surface area (Å²) in [5, 5.41) is 7.83. The minimum Gasteiger partial charge on any atom is -0.464 e. The molecular formula is C27H20F2N6O4. The van der Waals surface area contributed by atoms with Gasteiger partial charge in [0.2, 0.25) is 5.89 Å². The Hall–Kier alpha value is -5.13. The second kappa shape index (κ2) is 9.31. The van der Waals surface area contributed by atoms with E-state index in [0.29, 0.717) is 17.0 Å². The van der Waals surface area contributed by atoms with Crippen LogP contribution in [0.1, 0.15) is 28.5 Å². The van der Waals surface area contributed by atoms with Gasteiger partial charge in [-0.25, -0.2) is 9.59 Å². The van der Waals surface area contributed by atoms with Gasteiger partial charge in [0.05, 0.1) is 35.9 Å². The number of ether oxygens (including phenoxy) is 1. The lowest BCUT2D eigenvalue weighted by Crippen LogP contribution is -2.23. The number of methoxy groups -OCH3 is 1. The number of hydrogen-bond donors (Lipinski definition) is 1. The Kier molecular flexibility index (Phi) is 5.78. The number of pyridine rings is 1. The highest BCUT2D eigenvalue weighted by Crippen LogP contribution is 2.28. The fourth-order valence-electron chi connectivity index (χ4n) is 4.51. The van der Waals surface area contributed by atoms with E-state index in [2.05, 4.69) is 20.2 Å². The lowest BCUT2D eigenvalue weighted by Gasteiger charge is -2.06. The van der Waals surface area contributed by atoms with Crippen LogP contribution in [-0.2, 0) is 18.3 Å². The molecule has 4 aromatic heterocycles. The van der Waals surface area contributed by atoms with E-state index < -0.39 is 18.3 Å². The van der Waals surface area contributed by atoms with Crippen molar-refractivity contribution in [1.82, 2.24) is 29.3 Å². The van der Waals surface area contributed by atoms with Crippen LogP contribution in [0.15, 0.2) is 70.0 Å². The number of rotatable bonds is 6. The zero-order chi connectivity index (χ0) is 27.3. The molecule has 6 rings (SSSR count). The molecule has 0 radical (unpaired) electrons. The quantitative estimate of drug-likeness (QED) is 0.310. The number of alkyl halides is 2. The van der Waals surface area contributed by atoms with E-state index in [4.69, 9.17) is 9.15 Å². The van der Waals surface area contributed by atoms with Crippen molar-refractivity contribution < 1.29 is 22.7 Å². The summed E-state index contributed by atoms with van der Waals surface area (Å²) in [7, 11) is 3.04. The third kappa shape index (κ3) is 4.25. The zero-order valence-electron chi connectivity index (χ0n) is 20.7. The summed E-state index contributed by atoms with van der Waals surface area (Å²) >= 11 is 0. The first-order chi connectivity index (χ1) is 18.8. The van der Waals surface area contributed by atoms with Gasteiger partial charge in [-0.15, -0.1) is 10.2 Å². The third-order valence-electron chi connectivity index (χ3n) is 6.53. The second-order valence-corrected chi connectivity index (χ2v) is 8.89. The Balaban J connectivity index is 1.30. The molecule has 0 fully saturated rings. The van der Waals surface area contributed by atoms with E-state index >= 15 is 0 Å². The molecule has 196 valence electrons. The average molecular weight is 530 g/mol. The fraction of sp³-hybridized carbons (Fsp3) is 0.148. The van der Waals surface area contributed by atoms with Crippen LogP contribution >= 0.6 is 0 Å². The number of halogens is 2. The van der Waals surface area contributed by atoms with Crippen LogP contribution < -0.4 is 5.69 Å². The minimum atomic E-state index is -2.85. The van der Waals surface area contributed by atoms with Gasteiger partial charge in [0.1, 0.15) is 5.69 Å². The van der Waals surface area contributed by atoms with Crippen molar-refractivity contribution >= 4 is 27.9 Å². The number of H-pyrrole nitrogens is 1. The molecule has 0 unspecified atom stereocenters. The summed E-state index contributed by atoms with van der Waals surface area (Å²) in [5.74, 6) is -1.25. The molecule has 0 atom stereocenters. The van der Waals surface area contributed by atoms with Crippen LogP contribution in [-0.4, -0.2) is 42.4 Å². The molecule has 0 spiro atoms. The zero-order valence-corrected chi connectivity index (χ0v) is 20.7. The van der Waals surface area contributed by atoms with Crippen LogP contribution in [0.25, 0.3) is 44.5 Å². The number of imidazole rings is 1. The van der Waals surface area contributed by atoms with Crippen molar-refractivity contribution in [2.45, 2.75) is 13.0 Å². The van der Waals surface area contributed by atoms with Gasteiger partial charge in [0.15, 0.2) is 0 Å². The Morgan fingerprint density at radius 3 is 2.51 bits per heavy atom. The SMILES string of the molecule is COC(=O)c1cc2ccc(-c3ccc4c(c3)n(C)c(=O)n4Cc3ccc(-c4nnc(C(F)F)o4)cn3)cc2[nH]1. The maximum Gasteiger partial charge on any atom is 0.354 e. The standard InChI is InChI=1S/C27H20F2N6O4/c1-34-22-11-15(14-3-4-16-10-20(26(36)38-2)31-19(16)9-14)6-8-21(22)35(27(34)37)13-18-7-5-17(12-30-18)24-32-33-25(39-24)23(28)29/h3-12,23,31H,13H2,1-2H3. The van der Waals surface area contributed by atoms with Gasteiger partial charge < -0.3 is 14.1 Å². The molecule has 4 heterocycles. The maximum atomic E-state index is 13.1. The lowest BCUT2D eigenvalue weighted by atomic mass is 10.0. The number of nitrogens with one attached hydrogen (secondary N) is 1. The molecule has 39 heavy (non-hydrogen) atoms. The second-order valence-electron chi connectivity index (χ2n) is 8.89. The van der Waals surface area contributed by atoms with Gasteiger partial charge >= 0.3 is 18.1 Å². The fourth-order valence-corrected chi connectivity index (χ4v) is 4.51. The predicted molar refractivity (Wildman–Crippen MR) is 137 cm³/mol. The Morgan fingerprint density at radius 1 is 1.03 bits per heavy atom. The molecule has 0 aliphatic rings. The normalized spacial score (nSPS) is 11.6. The summed E-state index contributed by atoms with van der Waals surface area (Å²) in [4.78, 5) is 32.4. The first-order valence-electron chi connectivity index (χ1n) is 11.8. The van der Waals surface area contributed by atoms with E-state index in [1.54, 1.807) is 34.4 Å². The number of fused-ring (bicyclic) bond motifs is 2. The first kappa shape index (κ1) is 24.2. The number of aromatic nitrogens is 6. The molecule has 0 amide bonds. The number of aromatic amines is 1. The van der Waals surface area contributed by atoms with E-state index in [1.165, 1.54) is 13.3 Å². The van der Waals surface area contributed by atoms with Crippen LogP contribution in [0.2, 0.25) is 0 Å².